The summed E-state index contributed by atoms with van der Waals surface area (Å²) in [6.45, 7) is 8.57. The van der Waals surface area contributed by atoms with Gasteiger partial charge in [0.25, 0.3) is 0 Å². The number of rotatable bonds is 6. The van der Waals surface area contributed by atoms with Gasteiger partial charge in [-0.05, 0) is 56.2 Å². The van der Waals surface area contributed by atoms with Crippen molar-refractivity contribution in [3.05, 3.63) is 50.2 Å². The van der Waals surface area contributed by atoms with Gasteiger partial charge in [0.1, 0.15) is 12.4 Å². The van der Waals surface area contributed by atoms with Gasteiger partial charge in [0, 0.05) is 27.9 Å². The van der Waals surface area contributed by atoms with E-state index in [0.29, 0.717) is 6.61 Å². The van der Waals surface area contributed by atoms with Crippen LogP contribution in [0.3, 0.4) is 0 Å². The third-order valence-corrected chi connectivity index (χ3v) is 4.26. The number of ether oxygens (including phenoxy) is 1. The zero-order valence-corrected chi connectivity index (χ0v) is 13.7. The summed E-state index contributed by atoms with van der Waals surface area (Å²) in [5.41, 5.74) is 2.17. The highest BCUT2D eigenvalue weighted by atomic mass is 35.5. The molecule has 0 radical (unpaired) electrons. The summed E-state index contributed by atoms with van der Waals surface area (Å²) in [5, 5.41) is 4.16. The zero-order valence-electron chi connectivity index (χ0n) is 12.1. The average molecular weight is 310 g/mol. The molecule has 0 amide bonds. The van der Waals surface area contributed by atoms with Crippen molar-refractivity contribution < 1.29 is 4.74 Å². The normalized spacial score (nSPS) is 10.8. The molecule has 2 aromatic rings. The van der Waals surface area contributed by atoms with E-state index in [1.807, 2.05) is 37.3 Å². The van der Waals surface area contributed by atoms with Gasteiger partial charge < -0.3 is 10.1 Å². The lowest BCUT2D eigenvalue weighted by molar-refractivity contribution is 0.310. The Morgan fingerprint density at radius 1 is 1.15 bits per heavy atom. The number of nitrogens with one attached hydrogen (secondary N) is 1. The van der Waals surface area contributed by atoms with Crippen LogP contribution in [0.15, 0.2) is 24.3 Å². The van der Waals surface area contributed by atoms with Crippen LogP contribution in [0, 0.1) is 20.8 Å². The van der Waals surface area contributed by atoms with E-state index in [9.17, 15) is 0 Å². The monoisotopic (exact) mass is 309 g/mol. The molecule has 108 valence electrons. The van der Waals surface area contributed by atoms with E-state index in [1.165, 1.54) is 9.75 Å². The van der Waals surface area contributed by atoms with Gasteiger partial charge >= 0.3 is 0 Å². The van der Waals surface area contributed by atoms with E-state index in [1.54, 1.807) is 0 Å². The maximum Gasteiger partial charge on any atom is 0.125 e. The van der Waals surface area contributed by atoms with Crippen LogP contribution in [-0.2, 0) is 6.54 Å². The number of benzene rings is 1. The molecule has 0 aliphatic heterocycles. The molecule has 0 spiro atoms. The Morgan fingerprint density at radius 2 is 1.85 bits per heavy atom. The maximum atomic E-state index is 6.01. The number of aryl methyl sites for hydroxylation is 3. The Balaban J connectivity index is 1.76. The predicted octanol–water partition coefficient (Wildman–Crippen LogP) is 4.50. The quantitative estimate of drug-likeness (QED) is 0.794. The highest BCUT2D eigenvalue weighted by molar-refractivity contribution is 7.11. The molecule has 1 heterocycles. The van der Waals surface area contributed by atoms with Crippen molar-refractivity contribution in [2.75, 3.05) is 13.2 Å². The molecule has 0 saturated heterocycles. The second-order valence-corrected chi connectivity index (χ2v) is 6.72. The van der Waals surface area contributed by atoms with Crippen LogP contribution < -0.4 is 10.1 Å². The van der Waals surface area contributed by atoms with Crippen molar-refractivity contribution >= 4 is 22.9 Å². The first-order valence-corrected chi connectivity index (χ1v) is 7.91. The fraction of sp³-hybridized carbons (Fsp3) is 0.375. The van der Waals surface area contributed by atoms with Crippen LogP contribution in [-0.4, -0.2) is 13.2 Å². The number of hydrogen-bond acceptors (Lipinski definition) is 3. The zero-order chi connectivity index (χ0) is 14.5. The topological polar surface area (TPSA) is 21.3 Å². The number of hydrogen-bond donors (Lipinski definition) is 1. The fourth-order valence-electron chi connectivity index (χ4n) is 2.14. The van der Waals surface area contributed by atoms with Crippen molar-refractivity contribution in [1.29, 1.82) is 0 Å². The summed E-state index contributed by atoms with van der Waals surface area (Å²) in [5.74, 6) is 0.947. The van der Waals surface area contributed by atoms with Crippen molar-refractivity contribution in [1.82, 2.24) is 5.32 Å². The minimum Gasteiger partial charge on any atom is -0.492 e. The van der Waals surface area contributed by atoms with E-state index in [0.717, 1.165) is 35.0 Å². The van der Waals surface area contributed by atoms with E-state index in [-0.39, 0.29) is 0 Å². The first kappa shape index (κ1) is 15.4. The van der Waals surface area contributed by atoms with Gasteiger partial charge in [0.15, 0.2) is 0 Å². The number of thiophene rings is 1. The molecule has 2 nitrogen and oxygen atoms in total. The molecule has 1 aromatic carbocycles. The molecule has 4 heteroatoms. The van der Waals surface area contributed by atoms with Gasteiger partial charge in [-0.2, -0.15) is 0 Å². The second-order valence-electron chi connectivity index (χ2n) is 4.91. The number of halogens is 1. The molecule has 0 aliphatic rings. The van der Waals surface area contributed by atoms with Crippen molar-refractivity contribution in [2.45, 2.75) is 27.3 Å². The smallest absolute Gasteiger partial charge is 0.125 e. The molecule has 0 fully saturated rings. The first-order chi connectivity index (χ1) is 9.56. The Bertz CT molecular complexity index is 557. The van der Waals surface area contributed by atoms with Gasteiger partial charge in [-0.15, -0.1) is 11.3 Å². The molecule has 1 N–H and O–H groups in total. The summed E-state index contributed by atoms with van der Waals surface area (Å²) in [7, 11) is 0. The molecule has 0 unspecified atom stereocenters. The lowest BCUT2D eigenvalue weighted by Crippen LogP contribution is -2.20. The summed E-state index contributed by atoms with van der Waals surface area (Å²) in [6.07, 6.45) is 0. The van der Waals surface area contributed by atoms with Gasteiger partial charge in [0.2, 0.25) is 0 Å². The minimum atomic E-state index is 0.660. The van der Waals surface area contributed by atoms with Crippen molar-refractivity contribution in [3.63, 3.8) is 0 Å². The average Bonchev–Trinajstić information content (AvgIpc) is 2.77. The summed E-state index contributed by atoms with van der Waals surface area (Å²) in [4.78, 5) is 2.71. The van der Waals surface area contributed by atoms with Crippen LogP contribution in [0.25, 0.3) is 0 Å². The Morgan fingerprint density at radius 3 is 2.45 bits per heavy atom. The van der Waals surface area contributed by atoms with Crippen LogP contribution in [0.4, 0.5) is 0 Å². The molecular weight excluding hydrogens is 290 g/mol. The molecule has 1 aromatic heterocycles. The first-order valence-electron chi connectivity index (χ1n) is 6.72. The third-order valence-electron chi connectivity index (χ3n) is 3.05. The SMILES string of the molecule is Cc1ccc(CNCCOc2c(C)cc(Cl)cc2C)s1. The van der Waals surface area contributed by atoms with Crippen LogP contribution in [0.5, 0.6) is 5.75 Å². The van der Waals surface area contributed by atoms with Gasteiger partial charge in [0.05, 0.1) is 0 Å². The lowest BCUT2D eigenvalue weighted by atomic mass is 10.1. The Kier molecular flexibility index (Phi) is 5.46. The van der Waals surface area contributed by atoms with Crippen LogP contribution in [0.1, 0.15) is 20.9 Å². The van der Waals surface area contributed by atoms with Crippen LogP contribution >= 0.6 is 22.9 Å². The standard InChI is InChI=1S/C16H20ClNOS/c1-11-8-14(17)9-12(2)16(11)19-7-6-18-10-15-5-4-13(3)20-15/h4-5,8-9,18H,6-7,10H2,1-3H3. The molecular formula is C16H20ClNOS. The molecule has 0 bridgehead atoms. The molecule has 0 aliphatic carbocycles. The summed E-state index contributed by atoms with van der Waals surface area (Å²) < 4.78 is 5.85. The highest BCUT2D eigenvalue weighted by Crippen LogP contribution is 2.26. The Labute approximate surface area is 129 Å². The molecule has 2 rings (SSSR count). The fourth-order valence-corrected chi connectivity index (χ4v) is 3.33. The van der Waals surface area contributed by atoms with E-state index in [4.69, 9.17) is 16.3 Å². The predicted molar refractivity (Wildman–Crippen MR) is 87.2 cm³/mol. The highest BCUT2D eigenvalue weighted by Gasteiger charge is 2.05. The minimum absolute atomic E-state index is 0.660. The van der Waals surface area contributed by atoms with Crippen molar-refractivity contribution in [2.24, 2.45) is 0 Å². The van der Waals surface area contributed by atoms with E-state index in [2.05, 4.69) is 24.4 Å². The van der Waals surface area contributed by atoms with Gasteiger partial charge in [-0.3, -0.25) is 0 Å². The van der Waals surface area contributed by atoms with Gasteiger partial charge in [-0.25, -0.2) is 0 Å². The third kappa shape index (κ3) is 4.23. The summed E-state index contributed by atoms with van der Waals surface area (Å²) >= 11 is 7.84. The summed E-state index contributed by atoms with van der Waals surface area (Å²) in [6, 6.07) is 8.19. The second kappa shape index (κ2) is 7.11. The lowest BCUT2D eigenvalue weighted by Gasteiger charge is -2.12. The van der Waals surface area contributed by atoms with E-state index >= 15 is 0 Å². The maximum absolute atomic E-state index is 6.01. The van der Waals surface area contributed by atoms with Crippen molar-refractivity contribution in [3.8, 4) is 5.75 Å². The molecule has 20 heavy (non-hydrogen) atoms. The van der Waals surface area contributed by atoms with Gasteiger partial charge in [-0.1, -0.05) is 11.6 Å². The largest absolute Gasteiger partial charge is 0.492 e. The molecule has 0 atom stereocenters. The Hall–Kier alpha value is -1.03. The van der Waals surface area contributed by atoms with E-state index < -0.39 is 0 Å². The molecule has 0 saturated carbocycles. The van der Waals surface area contributed by atoms with Crippen LogP contribution in [0.2, 0.25) is 5.02 Å².